The van der Waals surface area contributed by atoms with Crippen molar-refractivity contribution in [2.45, 2.75) is 6.42 Å². The van der Waals surface area contributed by atoms with Crippen molar-refractivity contribution in [2.75, 3.05) is 33.2 Å². The normalized spacial score (nSPS) is 10.1. The fraction of sp³-hybridized carbons (Fsp3) is 0.278. The van der Waals surface area contributed by atoms with Gasteiger partial charge in [0, 0.05) is 19.2 Å². The standard InChI is InChI=1S/C18H22N2O4/c1-20(23-3)18(21)19-15-6-10-17(11-7-15)24-13-12-14-4-8-16(22-2)9-5-14/h4-11H,12-13H2,1-3H3,(H,19,21). The Morgan fingerprint density at radius 3 is 2.21 bits per heavy atom. The second-order valence-corrected chi connectivity index (χ2v) is 5.08. The maximum Gasteiger partial charge on any atom is 0.345 e. The lowest BCUT2D eigenvalue weighted by molar-refractivity contribution is -0.0598. The first kappa shape index (κ1) is 17.6. The van der Waals surface area contributed by atoms with E-state index in [0.717, 1.165) is 23.0 Å². The van der Waals surface area contributed by atoms with Crippen LogP contribution in [0.5, 0.6) is 11.5 Å². The maximum absolute atomic E-state index is 11.7. The van der Waals surface area contributed by atoms with E-state index < -0.39 is 0 Å². The smallest absolute Gasteiger partial charge is 0.345 e. The second-order valence-electron chi connectivity index (χ2n) is 5.08. The van der Waals surface area contributed by atoms with E-state index in [9.17, 15) is 4.79 Å². The predicted molar refractivity (Wildman–Crippen MR) is 92.4 cm³/mol. The van der Waals surface area contributed by atoms with Crippen molar-refractivity contribution in [3.8, 4) is 11.5 Å². The Kier molecular flexibility index (Phi) is 6.45. The highest BCUT2D eigenvalue weighted by atomic mass is 16.7. The molecule has 2 rings (SSSR count). The van der Waals surface area contributed by atoms with Crippen LogP contribution in [0.2, 0.25) is 0 Å². The van der Waals surface area contributed by atoms with Gasteiger partial charge >= 0.3 is 6.03 Å². The van der Waals surface area contributed by atoms with Crippen molar-refractivity contribution in [3.05, 3.63) is 54.1 Å². The lowest BCUT2D eigenvalue weighted by Crippen LogP contribution is -2.30. The molecule has 0 unspecified atom stereocenters. The van der Waals surface area contributed by atoms with Crippen LogP contribution in [-0.4, -0.2) is 39.0 Å². The minimum atomic E-state index is -0.342. The number of nitrogens with zero attached hydrogens (tertiary/aromatic N) is 1. The number of methoxy groups -OCH3 is 1. The first-order chi connectivity index (χ1) is 11.6. The average molecular weight is 330 g/mol. The van der Waals surface area contributed by atoms with Crippen LogP contribution in [0.1, 0.15) is 5.56 Å². The quantitative estimate of drug-likeness (QED) is 0.791. The van der Waals surface area contributed by atoms with E-state index >= 15 is 0 Å². The Labute approximate surface area is 141 Å². The molecule has 0 saturated carbocycles. The zero-order valence-electron chi connectivity index (χ0n) is 14.1. The number of anilines is 1. The third-order valence-electron chi connectivity index (χ3n) is 3.48. The Morgan fingerprint density at radius 1 is 1.00 bits per heavy atom. The van der Waals surface area contributed by atoms with Gasteiger partial charge in [-0.3, -0.25) is 4.84 Å². The number of hydroxylamine groups is 2. The molecule has 1 N–H and O–H groups in total. The lowest BCUT2D eigenvalue weighted by atomic mass is 10.1. The molecule has 6 nitrogen and oxygen atoms in total. The molecule has 0 radical (unpaired) electrons. The third-order valence-corrected chi connectivity index (χ3v) is 3.48. The summed E-state index contributed by atoms with van der Waals surface area (Å²) in [6, 6.07) is 14.8. The minimum absolute atomic E-state index is 0.342. The summed E-state index contributed by atoms with van der Waals surface area (Å²) < 4.78 is 10.8. The molecule has 2 aromatic carbocycles. The van der Waals surface area contributed by atoms with Gasteiger partial charge in [-0.2, -0.15) is 0 Å². The number of carbonyl (C=O) groups excluding carboxylic acids is 1. The number of ether oxygens (including phenoxy) is 2. The average Bonchev–Trinajstić information content (AvgIpc) is 2.63. The SMILES string of the molecule is COc1ccc(CCOc2ccc(NC(=O)N(C)OC)cc2)cc1. The van der Waals surface area contributed by atoms with Crippen molar-refractivity contribution in [1.82, 2.24) is 5.06 Å². The van der Waals surface area contributed by atoms with Gasteiger partial charge in [0.1, 0.15) is 11.5 Å². The van der Waals surface area contributed by atoms with Crippen LogP contribution in [0, 0.1) is 0 Å². The molecule has 6 heteroatoms. The number of urea groups is 1. The first-order valence-electron chi connectivity index (χ1n) is 7.57. The molecule has 0 bridgehead atoms. The Balaban J connectivity index is 1.80. The number of hydrogen-bond donors (Lipinski definition) is 1. The molecular weight excluding hydrogens is 308 g/mol. The van der Waals surface area contributed by atoms with Gasteiger partial charge in [0.2, 0.25) is 0 Å². The Bertz CT molecular complexity index is 641. The summed E-state index contributed by atoms with van der Waals surface area (Å²) in [4.78, 5) is 16.5. The van der Waals surface area contributed by atoms with E-state index in [-0.39, 0.29) is 6.03 Å². The largest absolute Gasteiger partial charge is 0.497 e. The second kappa shape index (κ2) is 8.79. The first-order valence-corrected chi connectivity index (χ1v) is 7.57. The molecule has 0 aliphatic heterocycles. The number of rotatable bonds is 7. The van der Waals surface area contributed by atoms with Gasteiger partial charge in [0.15, 0.2) is 0 Å². The van der Waals surface area contributed by atoms with Crippen LogP contribution in [0.25, 0.3) is 0 Å². The van der Waals surface area contributed by atoms with Crippen LogP contribution in [0.3, 0.4) is 0 Å². The molecule has 0 heterocycles. The number of amides is 2. The van der Waals surface area contributed by atoms with Crippen LogP contribution < -0.4 is 14.8 Å². The van der Waals surface area contributed by atoms with Gasteiger partial charge in [0.05, 0.1) is 20.8 Å². The minimum Gasteiger partial charge on any atom is -0.497 e. The number of hydrogen-bond acceptors (Lipinski definition) is 4. The van der Waals surface area contributed by atoms with Crippen molar-refractivity contribution in [1.29, 1.82) is 0 Å². The van der Waals surface area contributed by atoms with Crippen LogP contribution in [-0.2, 0) is 11.3 Å². The molecule has 0 atom stereocenters. The molecule has 2 aromatic rings. The predicted octanol–water partition coefficient (Wildman–Crippen LogP) is 3.34. The molecule has 0 spiro atoms. The molecule has 24 heavy (non-hydrogen) atoms. The lowest BCUT2D eigenvalue weighted by Gasteiger charge is -2.14. The van der Waals surface area contributed by atoms with Gasteiger partial charge < -0.3 is 14.8 Å². The zero-order chi connectivity index (χ0) is 17.4. The topological polar surface area (TPSA) is 60.0 Å². The van der Waals surface area contributed by atoms with Gasteiger partial charge in [-0.15, -0.1) is 0 Å². The van der Waals surface area contributed by atoms with Crippen molar-refractivity contribution in [2.24, 2.45) is 0 Å². The summed E-state index contributed by atoms with van der Waals surface area (Å²) in [7, 11) is 4.61. The van der Waals surface area contributed by atoms with E-state index in [1.54, 1.807) is 19.2 Å². The number of carbonyl (C=O) groups is 1. The number of benzene rings is 2. The fourth-order valence-corrected chi connectivity index (χ4v) is 2.00. The Morgan fingerprint density at radius 2 is 1.62 bits per heavy atom. The van der Waals surface area contributed by atoms with Crippen LogP contribution in [0.4, 0.5) is 10.5 Å². The van der Waals surface area contributed by atoms with Gasteiger partial charge in [0.25, 0.3) is 0 Å². The van der Waals surface area contributed by atoms with E-state index in [0.29, 0.717) is 12.3 Å². The molecular formula is C18H22N2O4. The van der Waals surface area contributed by atoms with Gasteiger partial charge in [-0.1, -0.05) is 12.1 Å². The summed E-state index contributed by atoms with van der Waals surface area (Å²) in [5.41, 5.74) is 1.86. The Hall–Kier alpha value is -2.73. The van der Waals surface area contributed by atoms with Crippen molar-refractivity contribution >= 4 is 11.7 Å². The van der Waals surface area contributed by atoms with E-state index in [4.69, 9.17) is 14.3 Å². The highest BCUT2D eigenvalue weighted by Crippen LogP contribution is 2.17. The molecule has 2 amide bonds. The van der Waals surface area contributed by atoms with E-state index in [2.05, 4.69) is 5.32 Å². The van der Waals surface area contributed by atoms with Crippen molar-refractivity contribution < 1.29 is 19.1 Å². The summed E-state index contributed by atoms with van der Waals surface area (Å²) >= 11 is 0. The summed E-state index contributed by atoms with van der Waals surface area (Å²) in [6.07, 6.45) is 0.807. The van der Waals surface area contributed by atoms with Gasteiger partial charge in [-0.05, 0) is 42.0 Å². The third kappa shape index (κ3) is 5.17. The summed E-state index contributed by atoms with van der Waals surface area (Å²) in [6.45, 7) is 0.574. The summed E-state index contributed by atoms with van der Waals surface area (Å²) in [5.74, 6) is 1.60. The molecule has 128 valence electrons. The molecule has 0 saturated heterocycles. The molecule has 0 aromatic heterocycles. The van der Waals surface area contributed by atoms with E-state index in [1.807, 2.05) is 36.4 Å². The van der Waals surface area contributed by atoms with Crippen molar-refractivity contribution in [3.63, 3.8) is 0 Å². The van der Waals surface area contributed by atoms with Crippen LogP contribution >= 0.6 is 0 Å². The highest BCUT2D eigenvalue weighted by Gasteiger charge is 2.07. The van der Waals surface area contributed by atoms with Gasteiger partial charge in [-0.25, -0.2) is 9.86 Å². The summed E-state index contributed by atoms with van der Waals surface area (Å²) in [5, 5.41) is 3.82. The highest BCUT2D eigenvalue weighted by molar-refractivity contribution is 5.88. The molecule has 0 aliphatic rings. The number of nitrogens with one attached hydrogen (secondary N) is 1. The zero-order valence-corrected chi connectivity index (χ0v) is 14.1. The molecule has 0 aliphatic carbocycles. The van der Waals surface area contributed by atoms with E-state index in [1.165, 1.54) is 19.7 Å². The molecule has 0 fully saturated rings. The van der Waals surface area contributed by atoms with Crippen LogP contribution in [0.15, 0.2) is 48.5 Å². The monoisotopic (exact) mass is 330 g/mol. The maximum atomic E-state index is 11.7. The fourth-order valence-electron chi connectivity index (χ4n) is 2.00.